The molecule has 66 heavy (non-hydrogen) atoms. The molecule has 0 aliphatic carbocycles. The zero-order valence-electron chi connectivity index (χ0n) is 37.1. The van der Waals surface area contributed by atoms with E-state index in [0.29, 0.717) is 13.2 Å². The van der Waals surface area contributed by atoms with E-state index in [1.165, 1.54) is 0 Å². The van der Waals surface area contributed by atoms with Crippen molar-refractivity contribution in [3.05, 3.63) is 215 Å². The molecule has 3 saturated heterocycles. The van der Waals surface area contributed by atoms with Crippen molar-refractivity contribution in [1.29, 1.82) is 0 Å². The summed E-state index contributed by atoms with van der Waals surface area (Å²) in [6.45, 7) is 1.80. The van der Waals surface area contributed by atoms with Crippen molar-refractivity contribution >= 4 is 0 Å². The molecular formula is C55H58O11. The Morgan fingerprint density at radius 1 is 0.424 bits per heavy atom. The summed E-state index contributed by atoms with van der Waals surface area (Å²) in [4.78, 5) is 0. The summed E-state index contributed by atoms with van der Waals surface area (Å²) in [6, 6.07) is 60.0. The average Bonchev–Trinajstić information content (AvgIpc) is 3.38. The fourth-order valence-electron chi connectivity index (χ4n) is 8.62. The molecular weight excluding hydrogens is 837 g/mol. The van der Waals surface area contributed by atoms with Crippen LogP contribution in [0.5, 0.6) is 0 Å². The van der Waals surface area contributed by atoms with Crippen LogP contribution in [0, 0.1) is 0 Å². The van der Waals surface area contributed by atoms with Crippen molar-refractivity contribution in [3.63, 3.8) is 0 Å². The van der Waals surface area contributed by atoms with Gasteiger partial charge in [-0.05, 0) is 27.8 Å². The van der Waals surface area contributed by atoms with Crippen molar-refractivity contribution in [2.75, 3.05) is 20.3 Å². The molecule has 11 atom stereocenters. The van der Waals surface area contributed by atoms with E-state index in [4.69, 9.17) is 52.1 Å². The highest BCUT2D eigenvalue weighted by Gasteiger charge is 2.56. The van der Waals surface area contributed by atoms with E-state index < -0.39 is 67.7 Å². The lowest BCUT2D eigenvalue weighted by atomic mass is 9.95. The van der Waals surface area contributed by atoms with Gasteiger partial charge in [-0.15, -0.1) is 0 Å². The van der Waals surface area contributed by atoms with Crippen LogP contribution in [0.1, 0.15) is 39.7 Å². The number of fused-ring (bicyclic) bond motifs is 1. The Hall–Kier alpha value is -5.12. The van der Waals surface area contributed by atoms with Crippen molar-refractivity contribution in [2.45, 2.75) is 101 Å². The summed E-state index contributed by atoms with van der Waals surface area (Å²) in [6.07, 6.45) is -8.22. The fraction of sp³-hybridized carbons (Fsp3) is 0.345. The third-order valence-electron chi connectivity index (χ3n) is 12.0. The molecule has 9 rings (SSSR count). The van der Waals surface area contributed by atoms with Crippen LogP contribution in [0.4, 0.5) is 0 Å². The first-order valence-corrected chi connectivity index (χ1v) is 22.7. The summed E-state index contributed by atoms with van der Waals surface area (Å²) >= 11 is 0. The Kier molecular flexibility index (Phi) is 16.4. The fourth-order valence-corrected chi connectivity index (χ4v) is 8.62. The molecule has 0 N–H and O–H groups in total. The van der Waals surface area contributed by atoms with Crippen LogP contribution in [0.15, 0.2) is 182 Å². The van der Waals surface area contributed by atoms with Gasteiger partial charge in [-0.2, -0.15) is 0 Å². The lowest BCUT2D eigenvalue weighted by Crippen LogP contribution is -2.67. The van der Waals surface area contributed by atoms with Crippen LogP contribution in [0.2, 0.25) is 0 Å². The second-order valence-corrected chi connectivity index (χ2v) is 16.6. The zero-order chi connectivity index (χ0) is 44.8. The zero-order valence-corrected chi connectivity index (χ0v) is 37.1. The molecule has 3 aliphatic rings. The molecule has 11 nitrogen and oxygen atoms in total. The maximum absolute atomic E-state index is 7.36. The summed E-state index contributed by atoms with van der Waals surface area (Å²) in [5, 5.41) is 0. The number of ether oxygens (including phenoxy) is 11. The molecule has 11 heteroatoms. The standard InChI is InChI=1S/C55H58O11/c1-56-54-51(60-35-42-26-14-5-15-27-42)49(58-33-40-22-10-3-11-23-40)47(45(63-54)37-57-32-39-20-8-2-9-21-39)66-55-52(61-36-43-28-16-6-17-29-43)50(59-34-41-24-12-4-13-25-41)48-46(64-55)38-62-53(65-48)44-30-18-7-19-31-44/h2-31,45-55H,32-38H2,1H3/t45-,46-,47-,48-,49+,50+,51-,52+,53-,54+,55+/m1/s1. The number of hydrogen-bond donors (Lipinski definition) is 0. The van der Waals surface area contributed by atoms with Gasteiger partial charge in [-0.3, -0.25) is 0 Å². The van der Waals surface area contributed by atoms with Gasteiger partial charge in [0.1, 0.15) is 48.8 Å². The highest BCUT2D eigenvalue weighted by atomic mass is 16.8. The molecule has 3 aliphatic heterocycles. The second kappa shape index (κ2) is 23.6. The quantitative estimate of drug-likeness (QED) is 0.0734. The molecule has 0 saturated carbocycles. The normalized spacial score (nSPS) is 27.5. The minimum atomic E-state index is -1.03. The van der Waals surface area contributed by atoms with Crippen LogP contribution in [0.25, 0.3) is 0 Å². The topological polar surface area (TPSA) is 102 Å². The third-order valence-corrected chi connectivity index (χ3v) is 12.0. The number of hydrogen-bond acceptors (Lipinski definition) is 11. The highest BCUT2D eigenvalue weighted by Crippen LogP contribution is 2.40. The second-order valence-electron chi connectivity index (χ2n) is 16.6. The number of rotatable bonds is 20. The minimum Gasteiger partial charge on any atom is -0.374 e. The van der Waals surface area contributed by atoms with Crippen molar-refractivity contribution in [1.82, 2.24) is 0 Å². The first-order chi connectivity index (χ1) is 32.7. The van der Waals surface area contributed by atoms with Crippen LogP contribution in [0.3, 0.4) is 0 Å². The minimum absolute atomic E-state index is 0.142. The lowest BCUT2D eigenvalue weighted by molar-refractivity contribution is -0.397. The molecule has 344 valence electrons. The summed E-state index contributed by atoms with van der Waals surface area (Å²) in [5.74, 6) is 0. The van der Waals surface area contributed by atoms with E-state index in [2.05, 4.69) is 0 Å². The molecule has 6 aromatic carbocycles. The van der Waals surface area contributed by atoms with Crippen LogP contribution in [-0.2, 0) is 85.1 Å². The van der Waals surface area contributed by atoms with Crippen molar-refractivity contribution in [3.8, 4) is 0 Å². The molecule has 0 spiro atoms. The van der Waals surface area contributed by atoms with Gasteiger partial charge < -0.3 is 52.1 Å². The summed E-state index contributed by atoms with van der Waals surface area (Å²) < 4.78 is 74.6. The van der Waals surface area contributed by atoms with Gasteiger partial charge in [0.2, 0.25) is 0 Å². The van der Waals surface area contributed by atoms with E-state index >= 15 is 0 Å². The van der Waals surface area contributed by atoms with Gasteiger partial charge in [0.15, 0.2) is 18.9 Å². The number of benzene rings is 6. The van der Waals surface area contributed by atoms with Gasteiger partial charge in [-0.1, -0.05) is 182 Å². The Bertz CT molecular complexity index is 2280. The molecule has 3 fully saturated rings. The average molecular weight is 895 g/mol. The summed E-state index contributed by atoms with van der Waals surface area (Å²) in [7, 11) is 1.61. The predicted octanol–water partition coefficient (Wildman–Crippen LogP) is 9.14. The maximum Gasteiger partial charge on any atom is 0.187 e. The molecule has 6 aromatic rings. The van der Waals surface area contributed by atoms with Gasteiger partial charge in [0.25, 0.3) is 0 Å². The summed E-state index contributed by atoms with van der Waals surface area (Å²) in [5.41, 5.74) is 5.86. The molecule has 0 aromatic heterocycles. The maximum atomic E-state index is 7.36. The Labute approximate surface area is 387 Å². The third kappa shape index (κ3) is 12.1. The molecule has 3 heterocycles. The van der Waals surface area contributed by atoms with Gasteiger partial charge in [0.05, 0.1) is 46.2 Å². The van der Waals surface area contributed by atoms with Gasteiger partial charge >= 0.3 is 0 Å². The Balaban J connectivity index is 1.08. The largest absolute Gasteiger partial charge is 0.374 e. The Morgan fingerprint density at radius 2 is 0.848 bits per heavy atom. The van der Waals surface area contributed by atoms with Gasteiger partial charge in [-0.25, -0.2) is 0 Å². The first-order valence-electron chi connectivity index (χ1n) is 22.7. The van der Waals surface area contributed by atoms with Crippen molar-refractivity contribution in [2.24, 2.45) is 0 Å². The van der Waals surface area contributed by atoms with Gasteiger partial charge in [0, 0.05) is 12.7 Å². The lowest BCUT2D eigenvalue weighted by Gasteiger charge is -2.51. The van der Waals surface area contributed by atoms with E-state index in [1.807, 2.05) is 182 Å². The monoisotopic (exact) mass is 894 g/mol. The molecule has 0 bridgehead atoms. The first kappa shape index (κ1) is 46.0. The smallest absolute Gasteiger partial charge is 0.187 e. The van der Waals surface area contributed by atoms with E-state index in [1.54, 1.807) is 7.11 Å². The molecule has 0 amide bonds. The van der Waals surface area contributed by atoms with E-state index in [0.717, 1.165) is 33.4 Å². The van der Waals surface area contributed by atoms with Crippen LogP contribution in [-0.4, -0.2) is 81.7 Å². The highest BCUT2D eigenvalue weighted by molar-refractivity contribution is 5.19. The molecule has 0 radical (unpaired) electrons. The Morgan fingerprint density at radius 3 is 1.33 bits per heavy atom. The van der Waals surface area contributed by atoms with Crippen LogP contribution >= 0.6 is 0 Å². The van der Waals surface area contributed by atoms with Crippen molar-refractivity contribution < 1.29 is 52.1 Å². The van der Waals surface area contributed by atoms with Crippen LogP contribution < -0.4 is 0 Å². The molecule has 0 unspecified atom stereocenters. The predicted molar refractivity (Wildman–Crippen MR) is 245 cm³/mol. The number of methoxy groups -OCH3 is 1. The van der Waals surface area contributed by atoms with E-state index in [9.17, 15) is 0 Å². The SMILES string of the molecule is CO[C@H]1O[C@H](COCc2ccccc2)[C@@H](O[C@@H]2O[C@@H]3CO[C@@H](c4ccccc4)O[C@H]3[C@H](OCc3ccccc3)[C@@H]2OCc2ccccc2)[C@H](OCc2ccccc2)[C@H]1OCc1ccccc1. The van der Waals surface area contributed by atoms with E-state index in [-0.39, 0.29) is 33.0 Å².